The standard InChI is InChI=1S/C21H36N4O2.HI/c1-5-11-25-12-9-17(10-13-25)15-23-21(22-6-2)24-16-18-7-8-19(26-3)20(14-18)27-4;/h7-8,14,17H,5-6,9-13,15-16H2,1-4H3,(H2,22,23,24);1H. The van der Waals surface area contributed by atoms with Crippen LogP contribution in [0.5, 0.6) is 11.5 Å². The number of likely N-dealkylation sites (tertiary alicyclic amines) is 1. The fraction of sp³-hybridized carbons (Fsp3) is 0.667. The monoisotopic (exact) mass is 504 g/mol. The number of hydrogen-bond donors (Lipinski definition) is 2. The number of aliphatic imine (C=N–C) groups is 1. The van der Waals surface area contributed by atoms with E-state index in [2.05, 4.69) is 29.4 Å². The van der Waals surface area contributed by atoms with Gasteiger partial charge in [0, 0.05) is 13.1 Å². The number of hydrogen-bond acceptors (Lipinski definition) is 4. The van der Waals surface area contributed by atoms with Gasteiger partial charge in [0.2, 0.25) is 0 Å². The number of piperidine rings is 1. The minimum absolute atomic E-state index is 0. The van der Waals surface area contributed by atoms with Crippen molar-refractivity contribution in [1.82, 2.24) is 15.5 Å². The Bertz CT molecular complexity index is 590. The third-order valence-electron chi connectivity index (χ3n) is 5.02. The second-order valence-corrected chi connectivity index (χ2v) is 7.05. The van der Waals surface area contributed by atoms with Gasteiger partial charge in [0.1, 0.15) is 0 Å². The predicted molar refractivity (Wildman–Crippen MR) is 127 cm³/mol. The molecule has 0 bridgehead atoms. The molecule has 160 valence electrons. The van der Waals surface area contributed by atoms with Gasteiger partial charge in [0.15, 0.2) is 17.5 Å². The summed E-state index contributed by atoms with van der Waals surface area (Å²) in [7, 11) is 3.30. The van der Waals surface area contributed by atoms with Crippen molar-refractivity contribution in [2.45, 2.75) is 39.7 Å². The number of rotatable bonds is 9. The summed E-state index contributed by atoms with van der Waals surface area (Å²) in [5.41, 5.74) is 1.10. The smallest absolute Gasteiger partial charge is 0.191 e. The van der Waals surface area contributed by atoms with Crippen LogP contribution in [0.1, 0.15) is 38.7 Å². The van der Waals surface area contributed by atoms with Gasteiger partial charge in [-0.2, -0.15) is 0 Å². The van der Waals surface area contributed by atoms with Crippen LogP contribution in [0.4, 0.5) is 0 Å². The Balaban J connectivity index is 0.00000392. The maximum atomic E-state index is 5.38. The summed E-state index contributed by atoms with van der Waals surface area (Å²) in [5.74, 6) is 3.08. The molecule has 7 heteroatoms. The molecule has 0 unspecified atom stereocenters. The number of halogens is 1. The lowest BCUT2D eigenvalue weighted by Crippen LogP contribution is -2.43. The Morgan fingerprint density at radius 2 is 1.82 bits per heavy atom. The van der Waals surface area contributed by atoms with Crippen LogP contribution >= 0.6 is 24.0 Å². The molecule has 0 amide bonds. The maximum Gasteiger partial charge on any atom is 0.191 e. The molecule has 1 aromatic rings. The molecule has 2 rings (SSSR count). The molecular formula is C21H37IN4O2. The fourth-order valence-corrected chi connectivity index (χ4v) is 3.46. The topological polar surface area (TPSA) is 58.1 Å². The Kier molecular flexibility index (Phi) is 12.3. The highest BCUT2D eigenvalue weighted by molar-refractivity contribution is 14.0. The summed E-state index contributed by atoms with van der Waals surface area (Å²) in [4.78, 5) is 7.31. The average Bonchev–Trinajstić information content (AvgIpc) is 2.71. The van der Waals surface area contributed by atoms with E-state index in [-0.39, 0.29) is 24.0 Å². The molecule has 1 aliphatic heterocycles. The highest BCUT2D eigenvalue weighted by atomic mass is 127. The predicted octanol–water partition coefficient (Wildman–Crippen LogP) is 3.50. The van der Waals surface area contributed by atoms with Crippen LogP contribution < -0.4 is 20.1 Å². The number of methoxy groups -OCH3 is 2. The number of nitrogens with zero attached hydrogens (tertiary/aromatic N) is 2. The van der Waals surface area contributed by atoms with Crippen molar-refractivity contribution in [3.63, 3.8) is 0 Å². The molecule has 0 radical (unpaired) electrons. The largest absolute Gasteiger partial charge is 0.493 e. The van der Waals surface area contributed by atoms with Crippen molar-refractivity contribution in [2.24, 2.45) is 10.9 Å². The minimum Gasteiger partial charge on any atom is -0.493 e. The van der Waals surface area contributed by atoms with Gasteiger partial charge in [-0.15, -0.1) is 24.0 Å². The van der Waals surface area contributed by atoms with Gasteiger partial charge in [-0.25, -0.2) is 4.99 Å². The number of benzene rings is 1. The molecule has 1 fully saturated rings. The van der Waals surface area contributed by atoms with E-state index >= 15 is 0 Å². The Hall–Kier alpha value is -1.22. The molecule has 0 saturated carbocycles. The first-order valence-electron chi connectivity index (χ1n) is 10.2. The van der Waals surface area contributed by atoms with Crippen LogP contribution in [0, 0.1) is 5.92 Å². The molecular weight excluding hydrogens is 467 g/mol. The summed E-state index contributed by atoms with van der Waals surface area (Å²) in [6.45, 7) is 10.5. The Morgan fingerprint density at radius 3 is 2.43 bits per heavy atom. The molecule has 0 aromatic heterocycles. The molecule has 0 spiro atoms. The van der Waals surface area contributed by atoms with E-state index in [1.165, 1.54) is 38.9 Å². The summed E-state index contributed by atoms with van der Waals surface area (Å²) >= 11 is 0. The molecule has 6 nitrogen and oxygen atoms in total. The van der Waals surface area contributed by atoms with Crippen LogP contribution in [0.25, 0.3) is 0 Å². The van der Waals surface area contributed by atoms with Crippen LogP contribution in [0.15, 0.2) is 23.2 Å². The van der Waals surface area contributed by atoms with E-state index < -0.39 is 0 Å². The van der Waals surface area contributed by atoms with Crippen molar-refractivity contribution >= 4 is 29.9 Å². The zero-order valence-corrected chi connectivity index (χ0v) is 20.1. The second kappa shape index (κ2) is 13.9. The van der Waals surface area contributed by atoms with E-state index in [1.807, 2.05) is 18.2 Å². The lowest BCUT2D eigenvalue weighted by Gasteiger charge is -2.32. The van der Waals surface area contributed by atoms with Crippen molar-refractivity contribution < 1.29 is 9.47 Å². The number of nitrogens with one attached hydrogen (secondary N) is 2. The van der Waals surface area contributed by atoms with Gasteiger partial charge < -0.3 is 25.0 Å². The first-order chi connectivity index (χ1) is 13.2. The molecule has 1 aliphatic rings. The molecule has 28 heavy (non-hydrogen) atoms. The van der Waals surface area contributed by atoms with Gasteiger partial charge in [-0.3, -0.25) is 0 Å². The first kappa shape index (κ1) is 24.8. The van der Waals surface area contributed by atoms with E-state index in [1.54, 1.807) is 14.2 Å². The summed E-state index contributed by atoms with van der Waals surface area (Å²) in [5, 5.41) is 6.87. The first-order valence-corrected chi connectivity index (χ1v) is 10.2. The molecule has 1 saturated heterocycles. The molecule has 0 atom stereocenters. The fourth-order valence-electron chi connectivity index (χ4n) is 3.46. The molecule has 1 aromatic carbocycles. The van der Waals surface area contributed by atoms with E-state index in [4.69, 9.17) is 14.5 Å². The van der Waals surface area contributed by atoms with Gasteiger partial charge in [0.25, 0.3) is 0 Å². The van der Waals surface area contributed by atoms with Gasteiger partial charge >= 0.3 is 0 Å². The van der Waals surface area contributed by atoms with Crippen molar-refractivity contribution in [3.05, 3.63) is 23.8 Å². The van der Waals surface area contributed by atoms with Crippen LogP contribution in [-0.4, -0.2) is 57.8 Å². The normalized spacial score (nSPS) is 15.6. The van der Waals surface area contributed by atoms with Crippen molar-refractivity contribution in [1.29, 1.82) is 0 Å². The quantitative estimate of drug-likeness (QED) is 0.306. The summed E-state index contributed by atoms with van der Waals surface area (Å²) in [6, 6.07) is 5.93. The number of guanidine groups is 1. The summed E-state index contributed by atoms with van der Waals surface area (Å²) in [6.07, 6.45) is 3.78. The Morgan fingerprint density at radius 1 is 1.11 bits per heavy atom. The van der Waals surface area contributed by atoms with Gasteiger partial charge in [0.05, 0.1) is 20.8 Å². The van der Waals surface area contributed by atoms with E-state index in [0.29, 0.717) is 6.54 Å². The average molecular weight is 504 g/mol. The van der Waals surface area contributed by atoms with Gasteiger partial charge in [-0.05, 0) is 69.4 Å². The lowest BCUT2D eigenvalue weighted by atomic mass is 9.97. The second-order valence-electron chi connectivity index (χ2n) is 7.05. The third-order valence-corrected chi connectivity index (χ3v) is 5.02. The van der Waals surface area contributed by atoms with Crippen LogP contribution in [-0.2, 0) is 6.54 Å². The zero-order chi connectivity index (χ0) is 19.5. The summed E-state index contributed by atoms with van der Waals surface area (Å²) < 4.78 is 10.7. The molecule has 1 heterocycles. The van der Waals surface area contributed by atoms with Gasteiger partial charge in [-0.1, -0.05) is 13.0 Å². The zero-order valence-electron chi connectivity index (χ0n) is 17.8. The van der Waals surface area contributed by atoms with Crippen LogP contribution in [0.2, 0.25) is 0 Å². The van der Waals surface area contributed by atoms with Crippen molar-refractivity contribution in [2.75, 3.05) is 46.9 Å². The maximum absolute atomic E-state index is 5.38. The SMILES string of the molecule is CCCN1CCC(CNC(=NCc2ccc(OC)c(OC)c2)NCC)CC1.I. The molecule has 2 N–H and O–H groups in total. The minimum atomic E-state index is 0. The highest BCUT2D eigenvalue weighted by Crippen LogP contribution is 2.27. The lowest BCUT2D eigenvalue weighted by molar-refractivity contribution is 0.185. The number of ether oxygens (including phenoxy) is 2. The highest BCUT2D eigenvalue weighted by Gasteiger charge is 2.18. The third kappa shape index (κ3) is 8.03. The van der Waals surface area contributed by atoms with Crippen LogP contribution in [0.3, 0.4) is 0 Å². The Labute approximate surface area is 187 Å². The van der Waals surface area contributed by atoms with E-state index in [9.17, 15) is 0 Å². The molecule has 0 aliphatic carbocycles. The van der Waals surface area contributed by atoms with E-state index in [0.717, 1.165) is 42.0 Å². The van der Waals surface area contributed by atoms with Crippen molar-refractivity contribution in [3.8, 4) is 11.5 Å².